The fraction of sp³-hybridized carbons (Fsp3) is 0.400. The van der Waals surface area contributed by atoms with E-state index in [2.05, 4.69) is 10.6 Å². The van der Waals surface area contributed by atoms with Gasteiger partial charge in [-0.3, -0.25) is 14.4 Å². The number of hydrogen-bond acceptors (Lipinski definition) is 5. The minimum atomic E-state index is -0.735. The zero-order chi connectivity index (χ0) is 24.1. The lowest BCUT2D eigenvalue weighted by Gasteiger charge is -2.26. The Morgan fingerprint density at radius 2 is 1.71 bits per heavy atom. The summed E-state index contributed by atoms with van der Waals surface area (Å²) in [6.45, 7) is 0.671. The predicted molar refractivity (Wildman–Crippen MR) is 131 cm³/mol. The third kappa shape index (κ3) is 6.24. The summed E-state index contributed by atoms with van der Waals surface area (Å²) in [6.07, 6.45) is 3.32. The van der Waals surface area contributed by atoms with E-state index in [1.54, 1.807) is 24.3 Å². The lowest BCUT2D eigenvalue weighted by molar-refractivity contribution is -0.143. The molecule has 0 bridgehead atoms. The van der Waals surface area contributed by atoms with E-state index in [0.29, 0.717) is 61.5 Å². The van der Waals surface area contributed by atoms with Gasteiger partial charge in [-0.2, -0.15) is 0 Å². The number of rotatable bonds is 8. The Labute approximate surface area is 207 Å². The van der Waals surface area contributed by atoms with Crippen LogP contribution in [0.2, 0.25) is 5.02 Å². The summed E-state index contributed by atoms with van der Waals surface area (Å²) in [7, 11) is 0. The molecule has 2 amide bonds. The molecule has 1 aliphatic heterocycles. The molecular formula is C25H27ClN2O5S. The van der Waals surface area contributed by atoms with Crippen molar-refractivity contribution in [2.24, 2.45) is 5.92 Å². The first-order chi connectivity index (χ1) is 16.4. The molecule has 1 atom stereocenters. The standard InChI is InChI=1S/C25H27ClN2O5S/c26-18-5-10-21-17(13-18)14-22(34-21)24(30)28-12-11-27-23(29)15-1-6-19(7-2-15)33-20-8-3-16(4-9-20)25(31)32/h1-2,5-7,10,13,16,20,22H,3-4,8-9,11-12,14H2,(H,27,29)(H,28,30)(H,31,32)/t16-,20+,22?. The van der Waals surface area contributed by atoms with Crippen LogP contribution in [0.25, 0.3) is 0 Å². The first kappa shape index (κ1) is 24.4. The maximum Gasteiger partial charge on any atom is 0.306 e. The van der Waals surface area contributed by atoms with Crippen molar-refractivity contribution >= 4 is 41.1 Å². The van der Waals surface area contributed by atoms with E-state index in [0.717, 1.165) is 10.5 Å². The van der Waals surface area contributed by atoms with Crippen LogP contribution in [-0.4, -0.2) is 47.3 Å². The molecule has 1 saturated carbocycles. The average Bonchev–Trinajstić information content (AvgIpc) is 3.26. The lowest BCUT2D eigenvalue weighted by atomic mass is 9.87. The Balaban J connectivity index is 1.15. The van der Waals surface area contributed by atoms with Gasteiger partial charge in [0.05, 0.1) is 17.3 Å². The number of halogens is 1. The van der Waals surface area contributed by atoms with Gasteiger partial charge >= 0.3 is 5.97 Å². The van der Waals surface area contributed by atoms with Crippen molar-refractivity contribution in [3.05, 3.63) is 58.6 Å². The van der Waals surface area contributed by atoms with Crippen molar-refractivity contribution in [2.45, 2.75) is 48.4 Å². The summed E-state index contributed by atoms with van der Waals surface area (Å²) in [6, 6.07) is 12.6. The number of carboxylic acid groups (broad SMARTS) is 1. The molecule has 9 heteroatoms. The van der Waals surface area contributed by atoms with Crippen molar-refractivity contribution in [2.75, 3.05) is 13.1 Å². The lowest BCUT2D eigenvalue weighted by Crippen LogP contribution is -2.38. The molecule has 0 aromatic heterocycles. The van der Waals surface area contributed by atoms with Crippen LogP contribution in [0.3, 0.4) is 0 Å². The van der Waals surface area contributed by atoms with E-state index in [-0.39, 0.29) is 29.1 Å². The zero-order valence-corrected chi connectivity index (χ0v) is 20.2. The Kier molecular flexibility index (Phi) is 8.00. The minimum absolute atomic E-state index is 0.00157. The highest BCUT2D eigenvalue weighted by Gasteiger charge is 2.28. The molecule has 4 rings (SSSR count). The monoisotopic (exact) mass is 502 g/mol. The second-order valence-corrected chi connectivity index (χ2v) is 10.2. The molecular weight excluding hydrogens is 476 g/mol. The summed E-state index contributed by atoms with van der Waals surface area (Å²) < 4.78 is 5.94. The molecule has 1 fully saturated rings. The van der Waals surface area contributed by atoms with Crippen molar-refractivity contribution in [3.8, 4) is 5.75 Å². The summed E-state index contributed by atoms with van der Waals surface area (Å²) in [5, 5.41) is 15.3. The Hall–Kier alpha value is -2.71. The van der Waals surface area contributed by atoms with E-state index < -0.39 is 5.97 Å². The van der Waals surface area contributed by atoms with Gasteiger partial charge in [-0.05, 0) is 80.1 Å². The molecule has 2 aliphatic rings. The van der Waals surface area contributed by atoms with Crippen LogP contribution in [0.1, 0.15) is 41.6 Å². The summed E-state index contributed by atoms with van der Waals surface area (Å²) in [5.41, 5.74) is 1.60. The smallest absolute Gasteiger partial charge is 0.306 e. The van der Waals surface area contributed by atoms with Crippen LogP contribution < -0.4 is 15.4 Å². The number of carbonyl (C=O) groups is 3. The topological polar surface area (TPSA) is 105 Å². The zero-order valence-electron chi connectivity index (χ0n) is 18.6. The van der Waals surface area contributed by atoms with Gasteiger partial charge in [0, 0.05) is 28.6 Å². The van der Waals surface area contributed by atoms with Crippen LogP contribution >= 0.6 is 23.4 Å². The number of benzene rings is 2. The average molecular weight is 503 g/mol. The Morgan fingerprint density at radius 3 is 2.41 bits per heavy atom. The van der Waals surface area contributed by atoms with Gasteiger partial charge in [-0.15, -0.1) is 11.8 Å². The number of nitrogens with one attached hydrogen (secondary N) is 2. The number of fused-ring (bicyclic) bond motifs is 1. The highest BCUT2D eigenvalue weighted by atomic mass is 35.5. The summed E-state index contributed by atoms with van der Waals surface area (Å²) >= 11 is 7.56. The third-order valence-corrected chi connectivity index (χ3v) is 7.69. The molecule has 1 aliphatic carbocycles. The van der Waals surface area contributed by atoms with Crippen LogP contribution in [0, 0.1) is 5.92 Å². The van der Waals surface area contributed by atoms with Crippen LogP contribution in [0.4, 0.5) is 0 Å². The number of hydrogen-bond donors (Lipinski definition) is 3. The molecule has 3 N–H and O–H groups in total. The van der Waals surface area contributed by atoms with Crippen LogP contribution in [-0.2, 0) is 16.0 Å². The van der Waals surface area contributed by atoms with Crippen molar-refractivity contribution in [1.29, 1.82) is 0 Å². The van der Waals surface area contributed by atoms with Gasteiger partial charge in [-0.25, -0.2) is 0 Å². The molecule has 34 heavy (non-hydrogen) atoms. The number of thioether (sulfide) groups is 1. The van der Waals surface area contributed by atoms with E-state index in [4.69, 9.17) is 21.4 Å². The van der Waals surface area contributed by atoms with Crippen LogP contribution in [0.5, 0.6) is 5.75 Å². The Morgan fingerprint density at radius 1 is 1.00 bits per heavy atom. The second-order valence-electron chi connectivity index (χ2n) is 8.56. The number of carboxylic acids is 1. The molecule has 180 valence electrons. The predicted octanol–water partition coefficient (Wildman–Crippen LogP) is 3.93. The largest absolute Gasteiger partial charge is 0.490 e. The second kappa shape index (κ2) is 11.1. The number of aliphatic carboxylic acids is 1. The molecule has 2 aromatic carbocycles. The van der Waals surface area contributed by atoms with Gasteiger partial charge in [0.15, 0.2) is 0 Å². The van der Waals surface area contributed by atoms with Crippen molar-refractivity contribution < 1.29 is 24.2 Å². The molecule has 1 heterocycles. The number of amides is 2. The minimum Gasteiger partial charge on any atom is -0.490 e. The fourth-order valence-electron chi connectivity index (χ4n) is 4.25. The van der Waals surface area contributed by atoms with E-state index in [1.807, 2.05) is 18.2 Å². The summed E-state index contributed by atoms with van der Waals surface area (Å²) in [5.74, 6) is -0.616. The van der Waals surface area contributed by atoms with Gasteiger partial charge in [0.2, 0.25) is 5.91 Å². The highest BCUT2D eigenvalue weighted by Crippen LogP contribution is 2.38. The van der Waals surface area contributed by atoms with Gasteiger partial charge in [-0.1, -0.05) is 11.6 Å². The van der Waals surface area contributed by atoms with E-state index in [1.165, 1.54) is 11.8 Å². The van der Waals surface area contributed by atoms with Gasteiger partial charge < -0.3 is 20.5 Å². The van der Waals surface area contributed by atoms with Crippen LogP contribution in [0.15, 0.2) is 47.4 Å². The first-order valence-electron chi connectivity index (χ1n) is 11.4. The molecule has 1 unspecified atom stereocenters. The quantitative estimate of drug-likeness (QED) is 0.472. The van der Waals surface area contributed by atoms with Crippen molar-refractivity contribution in [1.82, 2.24) is 10.6 Å². The van der Waals surface area contributed by atoms with Gasteiger partial charge in [0.1, 0.15) is 5.75 Å². The fourth-order valence-corrected chi connectivity index (χ4v) is 5.64. The van der Waals surface area contributed by atoms with E-state index >= 15 is 0 Å². The van der Waals surface area contributed by atoms with E-state index in [9.17, 15) is 14.4 Å². The highest BCUT2D eigenvalue weighted by molar-refractivity contribution is 8.01. The molecule has 0 radical (unpaired) electrons. The molecule has 2 aromatic rings. The number of carbonyl (C=O) groups excluding carboxylic acids is 2. The maximum atomic E-state index is 12.4. The molecule has 0 spiro atoms. The van der Waals surface area contributed by atoms with Gasteiger partial charge in [0.25, 0.3) is 5.91 Å². The molecule has 0 saturated heterocycles. The Bertz CT molecular complexity index is 1050. The normalized spacial score (nSPS) is 21.4. The summed E-state index contributed by atoms with van der Waals surface area (Å²) in [4.78, 5) is 37.0. The third-order valence-electron chi connectivity index (χ3n) is 6.14. The SMILES string of the molecule is O=C(NCCNC(=O)C1Cc2cc(Cl)ccc2S1)c1ccc(O[C@H]2CC[C@@H](C(=O)O)CC2)cc1. The first-order valence-corrected chi connectivity index (χ1v) is 12.7. The number of ether oxygens (including phenoxy) is 1. The van der Waals surface area contributed by atoms with Crippen molar-refractivity contribution in [3.63, 3.8) is 0 Å². The maximum absolute atomic E-state index is 12.4. The molecule has 7 nitrogen and oxygen atoms in total.